The molecule has 0 saturated carbocycles. The summed E-state index contributed by atoms with van der Waals surface area (Å²) < 4.78 is 38.8. The fourth-order valence-corrected chi connectivity index (χ4v) is 5.68. The number of anilines is 1. The summed E-state index contributed by atoms with van der Waals surface area (Å²) in [6.45, 7) is 1.82. The van der Waals surface area contributed by atoms with Crippen LogP contribution in [0.3, 0.4) is 0 Å². The smallest absolute Gasteiger partial charge is 0.251 e. The van der Waals surface area contributed by atoms with Gasteiger partial charge >= 0.3 is 0 Å². The van der Waals surface area contributed by atoms with Crippen molar-refractivity contribution in [2.45, 2.75) is 30.8 Å². The number of nitrogens with zero attached hydrogens (tertiary/aromatic N) is 2. The van der Waals surface area contributed by atoms with Gasteiger partial charge in [-0.3, -0.25) is 9.78 Å². The van der Waals surface area contributed by atoms with E-state index in [9.17, 15) is 13.2 Å². The van der Waals surface area contributed by atoms with Crippen LogP contribution in [0.15, 0.2) is 65.7 Å². The molecule has 1 saturated heterocycles. The molecule has 1 fully saturated rings. The molecule has 1 amide bonds. The highest BCUT2D eigenvalue weighted by Gasteiger charge is 2.28. The van der Waals surface area contributed by atoms with Crippen LogP contribution in [0.25, 0.3) is 0 Å². The first-order chi connectivity index (χ1) is 17.0. The second-order valence-corrected chi connectivity index (χ2v) is 10.3. The van der Waals surface area contributed by atoms with E-state index in [1.54, 1.807) is 24.4 Å². The van der Waals surface area contributed by atoms with E-state index in [1.807, 2.05) is 30.3 Å². The van der Waals surface area contributed by atoms with Crippen LogP contribution in [-0.2, 0) is 23.1 Å². The maximum atomic E-state index is 13.3. The van der Waals surface area contributed by atoms with E-state index < -0.39 is 10.0 Å². The molecule has 0 aliphatic carbocycles. The largest absolute Gasteiger partial charge is 0.454 e. The molecule has 2 aromatic carbocycles. The lowest BCUT2D eigenvalue weighted by Crippen LogP contribution is -2.29. The van der Waals surface area contributed by atoms with Crippen LogP contribution >= 0.6 is 0 Å². The van der Waals surface area contributed by atoms with Crippen LogP contribution in [0.2, 0.25) is 0 Å². The molecule has 0 radical (unpaired) electrons. The number of ether oxygens (including phenoxy) is 2. The van der Waals surface area contributed by atoms with E-state index in [1.165, 1.54) is 10.4 Å². The van der Waals surface area contributed by atoms with Crippen LogP contribution in [0.4, 0.5) is 5.69 Å². The van der Waals surface area contributed by atoms with Crippen LogP contribution in [0, 0.1) is 0 Å². The third kappa shape index (κ3) is 5.23. The van der Waals surface area contributed by atoms with Gasteiger partial charge in [0.1, 0.15) is 0 Å². The lowest BCUT2D eigenvalue weighted by atomic mass is 10.1. The van der Waals surface area contributed by atoms with E-state index in [0.717, 1.165) is 18.4 Å². The fourth-order valence-electron chi connectivity index (χ4n) is 4.09. The molecule has 0 unspecified atom stereocenters. The predicted molar refractivity (Wildman–Crippen MR) is 130 cm³/mol. The molecule has 0 bridgehead atoms. The third-order valence-corrected chi connectivity index (χ3v) is 7.84. The summed E-state index contributed by atoms with van der Waals surface area (Å²) in [7, 11) is -3.71. The van der Waals surface area contributed by atoms with Gasteiger partial charge in [-0.2, -0.15) is 4.31 Å². The summed E-state index contributed by atoms with van der Waals surface area (Å²) in [5.74, 6) is 0.990. The molecule has 10 heteroatoms. The molecule has 2 N–H and O–H groups in total. The Morgan fingerprint density at radius 1 is 0.971 bits per heavy atom. The first-order valence-electron chi connectivity index (χ1n) is 11.4. The van der Waals surface area contributed by atoms with E-state index in [0.29, 0.717) is 42.5 Å². The van der Waals surface area contributed by atoms with Crippen molar-refractivity contribution in [1.29, 1.82) is 0 Å². The van der Waals surface area contributed by atoms with Gasteiger partial charge in [0.15, 0.2) is 11.5 Å². The average Bonchev–Trinajstić information content (AvgIpc) is 3.59. The van der Waals surface area contributed by atoms with Crippen LogP contribution in [0.1, 0.15) is 34.5 Å². The lowest BCUT2D eigenvalue weighted by molar-refractivity contribution is 0.0950. The van der Waals surface area contributed by atoms with Gasteiger partial charge in [-0.05, 0) is 60.9 Å². The summed E-state index contributed by atoms with van der Waals surface area (Å²) in [5.41, 5.74) is 2.44. The molecule has 9 nitrogen and oxygen atoms in total. The van der Waals surface area contributed by atoms with Gasteiger partial charge in [0.25, 0.3) is 5.91 Å². The molecule has 182 valence electrons. The zero-order valence-corrected chi connectivity index (χ0v) is 19.9. The summed E-state index contributed by atoms with van der Waals surface area (Å²) in [4.78, 5) is 17.3. The SMILES string of the molecule is O=C(NCc1ccccn1)c1cc(NCc2ccc3c(c2)OCO3)cc(S(=O)(=O)N2CCCC2)c1. The molecule has 3 heterocycles. The lowest BCUT2D eigenvalue weighted by Gasteiger charge is -2.18. The summed E-state index contributed by atoms with van der Waals surface area (Å²) >= 11 is 0. The van der Waals surface area contributed by atoms with Crippen molar-refractivity contribution in [2.24, 2.45) is 0 Å². The monoisotopic (exact) mass is 494 g/mol. The van der Waals surface area contributed by atoms with Gasteiger partial charge in [0.05, 0.1) is 17.1 Å². The van der Waals surface area contributed by atoms with Crippen LogP contribution < -0.4 is 20.1 Å². The number of rotatable bonds is 8. The number of amides is 1. The van der Waals surface area contributed by atoms with Crippen molar-refractivity contribution in [1.82, 2.24) is 14.6 Å². The Hall–Kier alpha value is -3.63. The summed E-state index contributed by atoms with van der Waals surface area (Å²) in [6, 6.07) is 15.8. The second kappa shape index (κ2) is 9.93. The first kappa shape index (κ1) is 23.1. The van der Waals surface area contributed by atoms with Crippen LogP contribution in [0.5, 0.6) is 11.5 Å². The minimum Gasteiger partial charge on any atom is -0.454 e. The van der Waals surface area contributed by atoms with Crippen molar-refractivity contribution in [2.75, 3.05) is 25.2 Å². The number of sulfonamides is 1. The first-order valence-corrected chi connectivity index (χ1v) is 12.9. The molecule has 2 aliphatic heterocycles. The molecule has 35 heavy (non-hydrogen) atoms. The molecular weight excluding hydrogens is 468 g/mol. The molecule has 3 aromatic rings. The third-order valence-electron chi connectivity index (χ3n) is 5.96. The standard InChI is InChI=1S/C25H26N4O5S/c30-25(28-16-20-5-1-2-8-26-20)19-12-21(14-22(13-19)35(31,32)29-9-3-4-10-29)27-15-18-6-7-23-24(11-18)34-17-33-23/h1-2,5-8,11-14,27H,3-4,9-10,15-17H2,(H,28,30). The number of aromatic nitrogens is 1. The highest BCUT2D eigenvalue weighted by molar-refractivity contribution is 7.89. The van der Waals surface area contributed by atoms with Crippen molar-refractivity contribution in [3.8, 4) is 11.5 Å². The van der Waals surface area contributed by atoms with E-state index in [4.69, 9.17) is 9.47 Å². The van der Waals surface area contributed by atoms with Crippen LogP contribution in [-0.4, -0.2) is 43.5 Å². The Kier molecular flexibility index (Phi) is 6.56. The number of nitrogens with one attached hydrogen (secondary N) is 2. The van der Waals surface area contributed by atoms with Crippen molar-refractivity contribution in [3.05, 3.63) is 77.6 Å². The summed E-state index contributed by atoms with van der Waals surface area (Å²) in [6.07, 6.45) is 3.32. The Morgan fingerprint density at radius 2 is 1.80 bits per heavy atom. The minimum atomic E-state index is -3.71. The zero-order chi connectivity index (χ0) is 24.3. The Labute approximate surface area is 204 Å². The number of hydrogen-bond donors (Lipinski definition) is 2. The number of hydrogen-bond acceptors (Lipinski definition) is 7. The summed E-state index contributed by atoms with van der Waals surface area (Å²) in [5, 5.41) is 6.08. The van der Waals surface area contributed by atoms with E-state index in [2.05, 4.69) is 15.6 Å². The number of pyridine rings is 1. The highest BCUT2D eigenvalue weighted by Crippen LogP contribution is 2.33. The van der Waals surface area contributed by atoms with Gasteiger partial charge in [-0.25, -0.2) is 8.42 Å². The fraction of sp³-hybridized carbons (Fsp3) is 0.280. The van der Waals surface area contributed by atoms with Crippen molar-refractivity contribution in [3.63, 3.8) is 0 Å². The van der Waals surface area contributed by atoms with Gasteiger partial charge in [0.2, 0.25) is 16.8 Å². The molecular formula is C25H26N4O5S. The minimum absolute atomic E-state index is 0.0954. The van der Waals surface area contributed by atoms with Gasteiger partial charge in [0, 0.05) is 37.1 Å². The van der Waals surface area contributed by atoms with Crippen molar-refractivity contribution < 1.29 is 22.7 Å². The zero-order valence-electron chi connectivity index (χ0n) is 19.1. The topological polar surface area (TPSA) is 110 Å². The molecule has 0 spiro atoms. The van der Waals surface area contributed by atoms with Crippen molar-refractivity contribution >= 4 is 21.6 Å². The highest BCUT2D eigenvalue weighted by atomic mass is 32.2. The number of fused-ring (bicyclic) bond motifs is 1. The molecule has 1 aromatic heterocycles. The predicted octanol–water partition coefficient (Wildman–Crippen LogP) is 3.14. The normalized spacial score (nSPS) is 15.2. The maximum Gasteiger partial charge on any atom is 0.251 e. The Balaban J connectivity index is 1.39. The number of carbonyl (C=O) groups is 1. The van der Waals surface area contributed by atoms with E-state index >= 15 is 0 Å². The van der Waals surface area contributed by atoms with Gasteiger partial charge in [-0.1, -0.05) is 12.1 Å². The number of carbonyl (C=O) groups excluding carboxylic acids is 1. The maximum absolute atomic E-state index is 13.3. The average molecular weight is 495 g/mol. The Bertz CT molecular complexity index is 1320. The molecule has 0 atom stereocenters. The number of benzene rings is 2. The second-order valence-electron chi connectivity index (χ2n) is 8.40. The van der Waals surface area contributed by atoms with Gasteiger partial charge in [-0.15, -0.1) is 0 Å². The Morgan fingerprint density at radius 3 is 2.60 bits per heavy atom. The quantitative estimate of drug-likeness (QED) is 0.495. The molecule has 5 rings (SSSR count). The molecule has 2 aliphatic rings. The van der Waals surface area contributed by atoms with Gasteiger partial charge < -0.3 is 20.1 Å². The van der Waals surface area contributed by atoms with E-state index in [-0.39, 0.29) is 29.7 Å².